The zero-order valence-electron chi connectivity index (χ0n) is 9.88. The van der Waals surface area contributed by atoms with Crippen molar-refractivity contribution in [3.05, 3.63) is 42.0 Å². The van der Waals surface area contributed by atoms with Crippen molar-refractivity contribution in [1.29, 1.82) is 0 Å². The van der Waals surface area contributed by atoms with Gasteiger partial charge in [-0.3, -0.25) is 4.68 Å². The molecule has 102 valence electrons. The van der Waals surface area contributed by atoms with Crippen LogP contribution in [-0.4, -0.2) is 18.2 Å². The van der Waals surface area contributed by atoms with Crippen LogP contribution in [0.4, 0.5) is 4.39 Å². The van der Waals surface area contributed by atoms with Gasteiger partial charge in [-0.25, -0.2) is 12.8 Å². The molecule has 19 heavy (non-hydrogen) atoms. The Morgan fingerprint density at radius 2 is 2.16 bits per heavy atom. The first-order chi connectivity index (χ1) is 8.86. The molecule has 1 aromatic heterocycles. The first-order valence-corrected chi connectivity index (χ1v) is 7.53. The lowest BCUT2D eigenvalue weighted by molar-refractivity contribution is 0.284. The Kier molecular flexibility index (Phi) is 3.77. The van der Waals surface area contributed by atoms with E-state index < -0.39 is 14.9 Å². The average molecular weight is 305 g/mol. The van der Waals surface area contributed by atoms with Gasteiger partial charge in [0.15, 0.2) is 11.6 Å². The van der Waals surface area contributed by atoms with Crippen LogP contribution in [0.5, 0.6) is 5.75 Å². The number of aryl methyl sites for hydroxylation is 1. The number of rotatable bonds is 4. The van der Waals surface area contributed by atoms with Crippen molar-refractivity contribution in [2.24, 2.45) is 7.05 Å². The molecule has 2 aromatic rings. The second kappa shape index (κ2) is 5.18. The number of ether oxygens (including phenoxy) is 1. The minimum Gasteiger partial charge on any atom is -0.484 e. The second-order valence-electron chi connectivity index (χ2n) is 3.80. The summed E-state index contributed by atoms with van der Waals surface area (Å²) in [4.78, 5) is -0.308. The maximum absolute atomic E-state index is 13.6. The lowest BCUT2D eigenvalue weighted by Crippen LogP contribution is -2.00. The molecule has 5 nitrogen and oxygen atoms in total. The summed E-state index contributed by atoms with van der Waals surface area (Å²) in [7, 11) is 2.92. The third-order valence-electron chi connectivity index (χ3n) is 2.33. The summed E-state index contributed by atoms with van der Waals surface area (Å²) in [6.07, 6.45) is 1.73. The molecule has 0 bridgehead atoms. The molecule has 0 saturated heterocycles. The largest absolute Gasteiger partial charge is 0.484 e. The smallest absolute Gasteiger partial charge is 0.261 e. The van der Waals surface area contributed by atoms with Gasteiger partial charge in [-0.1, -0.05) is 0 Å². The average Bonchev–Trinajstić information content (AvgIpc) is 2.72. The first-order valence-electron chi connectivity index (χ1n) is 5.22. The molecule has 1 heterocycles. The highest BCUT2D eigenvalue weighted by atomic mass is 35.7. The molecular formula is C11H10ClFN2O3S. The number of nitrogens with zero attached hydrogens (tertiary/aromatic N) is 2. The Morgan fingerprint density at radius 3 is 2.68 bits per heavy atom. The molecule has 0 saturated carbocycles. The van der Waals surface area contributed by atoms with Crippen LogP contribution in [0, 0.1) is 5.82 Å². The van der Waals surface area contributed by atoms with E-state index in [0.717, 1.165) is 6.07 Å². The standard InChI is InChI=1S/C11H10ClFN2O3S/c1-15-5-4-8(14-15)7-18-11-3-2-9(6-10(11)13)19(12,16)17/h2-6H,7H2,1H3. The van der Waals surface area contributed by atoms with Crippen LogP contribution in [0.15, 0.2) is 35.4 Å². The zero-order chi connectivity index (χ0) is 14.0. The minimum absolute atomic E-state index is 0.0604. The molecular weight excluding hydrogens is 295 g/mol. The van der Waals surface area contributed by atoms with Gasteiger partial charge < -0.3 is 4.74 Å². The highest BCUT2D eigenvalue weighted by Crippen LogP contribution is 2.23. The second-order valence-corrected chi connectivity index (χ2v) is 6.37. The van der Waals surface area contributed by atoms with Crippen molar-refractivity contribution in [3.63, 3.8) is 0 Å². The van der Waals surface area contributed by atoms with Crippen LogP contribution in [0.3, 0.4) is 0 Å². The van der Waals surface area contributed by atoms with E-state index in [4.69, 9.17) is 15.4 Å². The summed E-state index contributed by atoms with van der Waals surface area (Å²) in [5.74, 6) is -0.854. The SMILES string of the molecule is Cn1ccc(COc2ccc(S(=O)(=O)Cl)cc2F)n1. The third kappa shape index (κ3) is 3.45. The minimum atomic E-state index is -3.94. The van der Waals surface area contributed by atoms with E-state index >= 15 is 0 Å². The fraction of sp³-hybridized carbons (Fsp3) is 0.182. The van der Waals surface area contributed by atoms with Crippen LogP contribution in [-0.2, 0) is 22.7 Å². The van der Waals surface area contributed by atoms with Crippen molar-refractivity contribution in [2.45, 2.75) is 11.5 Å². The molecule has 0 radical (unpaired) electrons. The molecule has 0 unspecified atom stereocenters. The lowest BCUT2D eigenvalue weighted by Gasteiger charge is -2.06. The number of halogens is 2. The van der Waals surface area contributed by atoms with Crippen molar-refractivity contribution in [1.82, 2.24) is 9.78 Å². The highest BCUT2D eigenvalue weighted by Gasteiger charge is 2.14. The summed E-state index contributed by atoms with van der Waals surface area (Å²) < 4.78 is 42.5. The number of hydrogen-bond donors (Lipinski definition) is 0. The molecule has 0 spiro atoms. The maximum Gasteiger partial charge on any atom is 0.261 e. The van der Waals surface area contributed by atoms with Gasteiger partial charge in [-0.2, -0.15) is 5.10 Å². The van der Waals surface area contributed by atoms with E-state index in [1.807, 2.05) is 0 Å². The summed E-state index contributed by atoms with van der Waals surface area (Å²) >= 11 is 0. The predicted octanol–water partition coefficient (Wildman–Crippen LogP) is 2.07. The molecule has 0 aliphatic rings. The van der Waals surface area contributed by atoms with Crippen LogP contribution in [0.25, 0.3) is 0 Å². The topological polar surface area (TPSA) is 61.2 Å². The molecule has 0 atom stereocenters. The predicted molar refractivity (Wildman–Crippen MR) is 67.0 cm³/mol. The molecule has 2 rings (SSSR count). The molecule has 8 heteroatoms. The molecule has 0 aliphatic carbocycles. The Morgan fingerprint density at radius 1 is 1.42 bits per heavy atom. The Labute approximate surface area is 114 Å². The van der Waals surface area contributed by atoms with E-state index in [1.54, 1.807) is 24.0 Å². The summed E-state index contributed by atoms with van der Waals surface area (Å²) in [6.45, 7) is 0.0880. The summed E-state index contributed by atoms with van der Waals surface area (Å²) in [5.41, 5.74) is 0.635. The number of benzene rings is 1. The summed E-state index contributed by atoms with van der Waals surface area (Å²) in [6, 6.07) is 4.94. The van der Waals surface area contributed by atoms with Gasteiger partial charge in [0.1, 0.15) is 6.61 Å². The van der Waals surface area contributed by atoms with E-state index in [2.05, 4.69) is 5.10 Å². The van der Waals surface area contributed by atoms with Gasteiger partial charge in [0.2, 0.25) is 0 Å². The maximum atomic E-state index is 13.6. The Hall–Kier alpha value is -1.60. The van der Waals surface area contributed by atoms with E-state index in [1.165, 1.54) is 12.1 Å². The highest BCUT2D eigenvalue weighted by molar-refractivity contribution is 8.13. The quantitative estimate of drug-likeness (QED) is 0.811. The van der Waals surface area contributed by atoms with Gasteiger partial charge in [0.05, 0.1) is 10.6 Å². The molecule has 1 aromatic carbocycles. The van der Waals surface area contributed by atoms with Crippen molar-refractivity contribution >= 4 is 19.7 Å². The zero-order valence-corrected chi connectivity index (χ0v) is 11.4. The van der Waals surface area contributed by atoms with Crippen molar-refractivity contribution in [3.8, 4) is 5.75 Å². The van der Waals surface area contributed by atoms with Crippen molar-refractivity contribution < 1.29 is 17.5 Å². The fourth-order valence-corrected chi connectivity index (χ4v) is 2.20. The monoisotopic (exact) mass is 304 g/mol. The molecule has 0 amide bonds. The van der Waals surface area contributed by atoms with E-state index in [-0.39, 0.29) is 17.3 Å². The first kappa shape index (κ1) is 13.8. The van der Waals surface area contributed by atoms with Gasteiger partial charge in [0, 0.05) is 23.9 Å². The Bertz CT molecular complexity index is 700. The van der Waals surface area contributed by atoms with E-state index in [0.29, 0.717) is 5.69 Å². The molecule has 0 N–H and O–H groups in total. The summed E-state index contributed by atoms with van der Waals surface area (Å²) in [5, 5.41) is 4.06. The third-order valence-corrected chi connectivity index (χ3v) is 3.68. The molecule has 0 fully saturated rings. The van der Waals surface area contributed by atoms with Gasteiger partial charge >= 0.3 is 0 Å². The molecule has 0 aliphatic heterocycles. The van der Waals surface area contributed by atoms with Crippen molar-refractivity contribution in [2.75, 3.05) is 0 Å². The van der Waals surface area contributed by atoms with Gasteiger partial charge in [-0.05, 0) is 24.3 Å². The van der Waals surface area contributed by atoms with Gasteiger partial charge in [-0.15, -0.1) is 0 Å². The number of aromatic nitrogens is 2. The fourth-order valence-electron chi connectivity index (χ4n) is 1.44. The Balaban J connectivity index is 2.14. The number of hydrogen-bond acceptors (Lipinski definition) is 4. The lowest BCUT2D eigenvalue weighted by atomic mass is 10.3. The van der Waals surface area contributed by atoms with Crippen LogP contribution >= 0.6 is 10.7 Å². The van der Waals surface area contributed by atoms with Crippen LogP contribution in [0.1, 0.15) is 5.69 Å². The normalized spacial score (nSPS) is 11.5. The van der Waals surface area contributed by atoms with Gasteiger partial charge in [0.25, 0.3) is 9.05 Å². The van der Waals surface area contributed by atoms with Crippen LogP contribution in [0.2, 0.25) is 0 Å². The van der Waals surface area contributed by atoms with E-state index in [9.17, 15) is 12.8 Å². The van der Waals surface area contributed by atoms with Crippen LogP contribution < -0.4 is 4.74 Å².